The maximum Gasteiger partial charge on any atom is 0.256 e. The summed E-state index contributed by atoms with van der Waals surface area (Å²) in [5, 5.41) is 8.15. The summed E-state index contributed by atoms with van der Waals surface area (Å²) in [6, 6.07) is 6.00. The average molecular weight is 376 g/mol. The molecular weight excluding hydrogens is 357 g/mol. The predicted octanol–water partition coefficient (Wildman–Crippen LogP) is 2.32. The standard InChI is InChI=1S/C18H18FN5O.ClH/c1-23-11-14(9-22-23)17-10-20-4-5-24(17)18(25)13-6-12-7-15(19)2-3-16(12)21-8-13;/h2-3,6-9,11,17,20H,4-5,10H2,1H3;1H. The Bertz CT molecular complexity index is 944. The zero-order chi connectivity index (χ0) is 17.4. The molecule has 3 aromatic rings. The molecule has 3 heterocycles. The Kier molecular flexibility index (Phi) is 5.20. The number of carbonyl (C=O) groups excluding carboxylic acids is 1. The van der Waals surface area contributed by atoms with Crippen molar-refractivity contribution in [2.24, 2.45) is 7.05 Å². The zero-order valence-electron chi connectivity index (χ0n) is 14.2. The van der Waals surface area contributed by atoms with Gasteiger partial charge in [-0.05, 0) is 24.3 Å². The van der Waals surface area contributed by atoms with Gasteiger partial charge in [-0.1, -0.05) is 0 Å². The molecule has 4 rings (SSSR count). The number of pyridine rings is 1. The van der Waals surface area contributed by atoms with Crippen molar-refractivity contribution < 1.29 is 9.18 Å². The minimum Gasteiger partial charge on any atom is -0.329 e. The first-order chi connectivity index (χ1) is 12.1. The topological polar surface area (TPSA) is 63.1 Å². The zero-order valence-corrected chi connectivity index (χ0v) is 15.0. The van der Waals surface area contributed by atoms with Crippen LogP contribution in [0, 0.1) is 5.82 Å². The van der Waals surface area contributed by atoms with Gasteiger partial charge in [0.05, 0.1) is 23.3 Å². The number of hydrogen-bond acceptors (Lipinski definition) is 4. The molecule has 1 unspecified atom stereocenters. The number of nitrogens with zero attached hydrogens (tertiary/aromatic N) is 4. The molecule has 26 heavy (non-hydrogen) atoms. The van der Waals surface area contributed by atoms with E-state index < -0.39 is 0 Å². The van der Waals surface area contributed by atoms with Gasteiger partial charge in [-0.15, -0.1) is 12.4 Å². The van der Waals surface area contributed by atoms with Crippen molar-refractivity contribution in [3.05, 3.63) is 59.8 Å². The van der Waals surface area contributed by atoms with Crippen molar-refractivity contribution >= 4 is 29.2 Å². The summed E-state index contributed by atoms with van der Waals surface area (Å²) < 4.78 is 15.2. The summed E-state index contributed by atoms with van der Waals surface area (Å²) in [5.41, 5.74) is 2.12. The number of hydrogen-bond donors (Lipinski definition) is 1. The molecule has 0 spiro atoms. The smallest absolute Gasteiger partial charge is 0.256 e. The van der Waals surface area contributed by atoms with Crippen molar-refractivity contribution in [1.82, 2.24) is 25.0 Å². The third-order valence-electron chi connectivity index (χ3n) is 4.50. The Morgan fingerprint density at radius 1 is 1.31 bits per heavy atom. The summed E-state index contributed by atoms with van der Waals surface area (Å²) >= 11 is 0. The van der Waals surface area contributed by atoms with Gasteiger partial charge in [-0.2, -0.15) is 5.10 Å². The summed E-state index contributed by atoms with van der Waals surface area (Å²) in [6.07, 6.45) is 5.27. The normalized spacial score (nSPS) is 17.2. The lowest BCUT2D eigenvalue weighted by Gasteiger charge is -2.35. The van der Waals surface area contributed by atoms with Gasteiger partial charge in [0.25, 0.3) is 5.91 Å². The summed E-state index contributed by atoms with van der Waals surface area (Å²) in [7, 11) is 1.85. The number of fused-ring (bicyclic) bond motifs is 1. The number of carbonyl (C=O) groups is 1. The van der Waals surface area contributed by atoms with Crippen LogP contribution in [0.5, 0.6) is 0 Å². The fourth-order valence-corrected chi connectivity index (χ4v) is 3.24. The second-order valence-corrected chi connectivity index (χ2v) is 6.23. The molecule has 6 nitrogen and oxygen atoms in total. The van der Waals surface area contributed by atoms with E-state index in [9.17, 15) is 9.18 Å². The molecule has 8 heteroatoms. The van der Waals surface area contributed by atoms with Crippen LogP contribution < -0.4 is 5.32 Å². The fraction of sp³-hybridized carbons (Fsp3) is 0.278. The van der Waals surface area contributed by atoms with E-state index in [1.165, 1.54) is 12.1 Å². The average Bonchev–Trinajstić information content (AvgIpc) is 3.06. The molecule has 1 atom stereocenters. The van der Waals surface area contributed by atoms with Crippen molar-refractivity contribution in [1.29, 1.82) is 0 Å². The van der Waals surface area contributed by atoms with Gasteiger partial charge in [0.15, 0.2) is 0 Å². The Labute approximate surface area is 156 Å². The van der Waals surface area contributed by atoms with Crippen LogP contribution in [0.2, 0.25) is 0 Å². The van der Waals surface area contributed by atoms with Gasteiger partial charge in [-0.25, -0.2) is 4.39 Å². The molecule has 1 aliphatic rings. The van der Waals surface area contributed by atoms with Crippen molar-refractivity contribution in [3.8, 4) is 0 Å². The van der Waals surface area contributed by atoms with Gasteiger partial charge < -0.3 is 10.2 Å². The lowest BCUT2D eigenvalue weighted by atomic mass is 10.1. The first-order valence-corrected chi connectivity index (χ1v) is 8.17. The highest BCUT2D eigenvalue weighted by atomic mass is 35.5. The van der Waals surface area contributed by atoms with E-state index in [0.29, 0.717) is 29.6 Å². The minimum atomic E-state index is -0.339. The first-order valence-electron chi connectivity index (χ1n) is 8.17. The third kappa shape index (κ3) is 3.40. The molecular formula is C18H19ClFN5O. The van der Waals surface area contributed by atoms with E-state index in [4.69, 9.17) is 0 Å². The van der Waals surface area contributed by atoms with E-state index in [2.05, 4.69) is 15.4 Å². The predicted molar refractivity (Wildman–Crippen MR) is 98.8 cm³/mol. The number of nitrogens with one attached hydrogen (secondary N) is 1. The minimum absolute atomic E-state index is 0. The molecule has 1 fully saturated rings. The quantitative estimate of drug-likeness (QED) is 0.746. The van der Waals surface area contributed by atoms with Crippen molar-refractivity contribution in [2.75, 3.05) is 19.6 Å². The van der Waals surface area contributed by atoms with Crippen LogP contribution in [0.15, 0.2) is 42.9 Å². The molecule has 136 valence electrons. The molecule has 0 aliphatic carbocycles. The number of rotatable bonds is 2. The van der Waals surface area contributed by atoms with Gasteiger partial charge in [0, 0.05) is 50.0 Å². The van der Waals surface area contributed by atoms with E-state index in [1.807, 2.05) is 18.1 Å². The number of halogens is 2. The monoisotopic (exact) mass is 375 g/mol. The number of piperazine rings is 1. The largest absolute Gasteiger partial charge is 0.329 e. The third-order valence-corrected chi connectivity index (χ3v) is 4.50. The highest BCUT2D eigenvalue weighted by Gasteiger charge is 2.29. The fourth-order valence-electron chi connectivity index (χ4n) is 3.24. The second kappa shape index (κ2) is 7.39. The summed E-state index contributed by atoms with van der Waals surface area (Å²) in [6.45, 7) is 2.00. The molecule has 0 bridgehead atoms. The van der Waals surface area contributed by atoms with Crippen LogP contribution in [0.1, 0.15) is 22.0 Å². The van der Waals surface area contributed by atoms with Crippen LogP contribution in [0.4, 0.5) is 4.39 Å². The molecule has 1 N–H and O–H groups in total. The highest BCUT2D eigenvalue weighted by Crippen LogP contribution is 2.24. The summed E-state index contributed by atoms with van der Waals surface area (Å²) in [5.74, 6) is -0.441. The number of aryl methyl sites for hydroxylation is 1. The van der Waals surface area contributed by atoms with Gasteiger partial charge in [-0.3, -0.25) is 14.5 Å². The molecule has 2 aromatic heterocycles. The Hall–Kier alpha value is -2.51. The Morgan fingerprint density at radius 3 is 2.92 bits per heavy atom. The number of aromatic nitrogens is 3. The molecule has 0 saturated carbocycles. The van der Waals surface area contributed by atoms with Crippen molar-refractivity contribution in [3.63, 3.8) is 0 Å². The highest BCUT2D eigenvalue weighted by molar-refractivity contribution is 5.97. The Morgan fingerprint density at radius 2 is 2.15 bits per heavy atom. The molecule has 1 saturated heterocycles. The van der Waals surface area contributed by atoms with E-state index >= 15 is 0 Å². The maximum atomic E-state index is 13.5. The molecule has 1 aromatic carbocycles. The first kappa shape index (κ1) is 18.3. The summed E-state index contributed by atoms with van der Waals surface area (Å²) in [4.78, 5) is 19.2. The molecule has 0 radical (unpaired) electrons. The van der Waals surface area contributed by atoms with Crippen LogP contribution in [-0.4, -0.2) is 45.2 Å². The molecule has 1 amide bonds. The lowest BCUT2D eigenvalue weighted by Crippen LogP contribution is -2.48. The lowest BCUT2D eigenvalue weighted by molar-refractivity contribution is 0.0634. The van der Waals surface area contributed by atoms with Crippen LogP contribution in [0.25, 0.3) is 10.9 Å². The van der Waals surface area contributed by atoms with Crippen molar-refractivity contribution in [2.45, 2.75) is 6.04 Å². The van der Waals surface area contributed by atoms with Gasteiger partial charge >= 0.3 is 0 Å². The number of benzene rings is 1. The van der Waals surface area contributed by atoms with Crippen LogP contribution in [0.3, 0.4) is 0 Å². The van der Waals surface area contributed by atoms with Crippen LogP contribution >= 0.6 is 12.4 Å². The Balaban J connectivity index is 0.00000196. The van der Waals surface area contributed by atoms with Gasteiger partial charge in [0.1, 0.15) is 5.82 Å². The maximum absolute atomic E-state index is 13.5. The van der Waals surface area contributed by atoms with E-state index in [1.54, 1.807) is 29.2 Å². The van der Waals surface area contributed by atoms with Gasteiger partial charge in [0.2, 0.25) is 0 Å². The molecule has 1 aliphatic heterocycles. The van der Waals surface area contributed by atoms with Crippen LogP contribution in [-0.2, 0) is 7.05 Å². The van der Waals surface area contributed by atoms with E-state index in [-0.39, 0.29) is 30.2 Å². The van der Waals surface area contributed by atoms with E-state index in [0.717, 1.165) is 12.1 Å². The SMILES string of the molecule is Cl.Cn1cc(C2CNCCN2C(=O)c2cnc3ccc(F)cc3c2)cn1. The number of amides is 1. The second-order valence-electron chi connectivity index (χ2n) is 6.23.